The first kappa shape index (κ1) is 12.9. The molecule has 2 aliphatic rings. The van der Waals surface area contributed by atoms with Crippen molar-refractivity contribution < 1.29 is 14.7 Å². The molecule has 1 saturated heterocycles. The fourth-order valence-electron chi connectivity index (χ4n) is 2.66. The van der Waals surface area contributed by atoms with Crippen molar-refractivity contribution in [1.29, 1.82) is 0 Å². The van der Waals surface area contributed by atoms with Crippen LogP contribution in [0.5, 0.6) is 0 Å². The number of carboxylic acid groups (broad SMARTS) is 1. The van der Waals surface area contributed by atoms with E-state index >= 15 is 0 Å². The first-order chi connectivity index (χ1) is 8.68. The number of carbonyl (C=O) groups excluding carboxylic acids is 1. The standard InChI is InChI=1S/C13H20N2O3/c16-12(17)11-6-3-9-15(11)13(18)14-8-7-10-4-1-2-5-10/h4,11H,1-3,5-9H2,(H,14,18)(H,16,17). The van der Waals surface area contributed by atoms with Crippen molar-refractivity contribution in [1.82, 2.24) is 10.2 Å². The monoisotopic (exact) mass is 252 g/mol. The van der Waals surface area contributed by atoms with Crippen LogP contribution >= 0.6 is 0 Å². The lowest BCUT2D eigenvalue weighted by Crippen LogP contribution is -2.46. The summed E-state index contributed by atoms with van der Waals surface area (Å²) < 4.78 is 0. The molecule has 1 fully saturated rings. The second kappa shape index (κ2) is 5.89. The summed E-state index contributed by atoms with van der Waals surface area (Å²) in [7, 11) is 0. The highest BCUT2D eigenvalue weighted by Gasteiger charge is 2.33. The fourth-order valence-corrected chi connectivity index (χ4v) is 2.66. The zero-order valence-corrected chi connectivity index (χ0v) is 10.5. The van der Waals surface area contributed by atoms with Crippen molar-refractivity contribution in [3.05, 3.63) is 11.6 Å². The molecule has 1 aliphatic carbocycles. The third kappa shape index (κ3) is 3.03. The first-order valence-electron chi connectivity index (χ1n) is 6.63. The van der Waals surface area contributed by atoms with Gasteiger partial charge in [-0.15, -0.1) is 0 Å². The molecule has 0 aromatic heterocycles. The summed E-state index contributed by atoms with van der Waals surface area (Å²) in [6, 6.07) is -0.880. The fraction of sp³-hybridized carbons (Fsp3) is 0.692. The number of hydrogen-bond acceptors (Lipinski definition) is 2. The molecule has 2 amide bonds. The molecule has 0 aromatic carbocycles. The molecule has 5 heteroatoms. The van der Waals surface area contributed by atoms with E-state index in [-0.39, 0.29) is 6.03 Å². The van der Waals surface area contributed by atoms with E-state index in [2.05, 4.69) is 11.4 Å². The van der Waals surface area contributed by atoms with Crippen molar-refractivity contribution in [3.8, 4) is 0 Å². The van der Waals surface area contributed by atoms with Gasteiger partial charge in [-0.25, -0.2) is 9.59 Å². The van der Waals surface area contributed by atoms with Crippen LogP contribution in [0.15, 0.2) is 11.6 Å². The number of nitrogens with one attached hydrogen (secondary N) is 1. The number of urea groups is 1. The Hall–Kier alpha value is -1.52. The Morgan fingerprint density at radius 1 is 1.44 bits per heavy atom. The van der Waals surface area contributed by atoms with Crippen LogP contribution in [0.4, 0.5) is 4.79 Å². The molecule has 1 aliphatic heterocycles. The van der Waals surface area contributed by atoms with Gasteiger partial charge in [-0.05, 0) is 38.5 Å². The van der Waals surface area contributed by atoms with Gasteiger partial charge in [0.15, 0.2) is 0 Å². The number of rotatable bonds is 4. The highest BCUT2D eigenvalue weighted by Crippen LogP contribution is 2.20. The molecule has 2 N–H and O–H groups in total. The van der Waals surface area contributed by atoms with Gasteiger partial charge in [0.05, 0.1) is 0 Å². The molecule has 0 aromatic rings. The number of aliphatic carboxylic acids is 1. The SMILES string of the molecule is O=C(O)C1CCCN1C(=O)NCCC1=CCCC1. The summed E-state index contributed by atoms with van der Waals surface area (Å²) in [6.45, 7) is 1.15. The van der Waals surface area contributed by atoms with Crippen molar-refractivity contribution in [3.63, 3.8) is 0 Å². The molecular weight excluding hydrogens is 232 g/mol. The molecular formula is C13H20N2O3. The lowest BCUT2D eigenvalue weighted by Gasteiger charge is -2.21. The average Bonchev–Trinajstić information content (AvgIpc) is 2.99. The van der Waals surface area contributed by atoms with Gasteiger partial charge in [0.1, 0.15) is 6.04 Å². The summed E-state index contributed by atoms with van der Waals surface area (Å²) in [5.74, 6) is -0.902. The van der Waals surface area contributed by atoms with Crippen molar-refractivity contribution >= 4 is 12.0 Å². The summed E-state index contributed by atoms with van der Waals surface area (Å²) in [5.41, 5.74) is 1.41. The second-order valence-electron chi connectivity index (χ2n) is 4.93. The van der Waals surface area contributed by atoms with Crippen LogP contribution in [0.25, 0.3) is 0 Å². The van der Waals surface area contributed by atoms with Gasteiger partial charge in [0.2, 0.25) is 0 Å². The molecule has 5 nitrogen and oxygen atoms in total. The molecule has 18 heavy (non-hydrogen) atoms. The molecule has 0 spiro atoms. The number of nitrogens with zero attached hydrogens (tertiary/aromatic N) is 1. The lowest BCUT2D eigenvalue weighted by atomic mass is 10.2. The van der Waals surface area contributed by atoms with Crippen molar-refractivity contribution in [2.24, 2.45) is 0 Å². The van der Waals surface area contributed by atoms with E-state index < -0.39 is 12.0 Å². The normalized spacial score (nSPS) is 23.0. The minimum Gasteiger partial charge on any atom is -0.480 e. The number of carbonyl (C=O) groups is 2. The number of carboxylic acids is 1. The number of allylic oxidation sites excluding steroid dienone is 1. The Balaban J connectivity index is 1.75. The van der Waals surface area contributed by atoms with E-state index in [9.17, 15) is 9.59 Å². The molecule has 1 unspecified atom stereocenters. The highest BCUT2D eigenvalue weighted by atomic mass is 16.4. The summed E-state index contributed by atoms with van der Waals surface area (Å²) >= 11 is 0. The van der Waals surface area contributed by atoms with Gasteiger partial charge in [-0.2, -0.15) is 0 Å². The highest BCUT2D eigenvalue weighted by molar-refractivity contribution is 5.83. The number of hydrogen-bond donors (Lipinski definition) is 2. The Kier molecular flexibility index (Phi) is 4.23. The van der Waals surface area contributed by atoms with Crippen LogP contribution in [0.3, 0.4) is 0 Å². The molecule has 0 saturated carbocycles. The van der Waals surface area contributed by atoms with Gasteiger partial charge in [0.25, 0.3) is 0 Å². The van der Waals surface area contributed by atoms with Gasteiger partial charge in [-0.3, -0.25) is 0 Å². The van der Waals surface area contributed by atoms with Gasteiger partial charge >= 0.3 is 12.0 Å². The second-order valence-corrected chi connectivity index (χ2v) is 4.93. The minimum absolute atomic E-state index is 0.238. The maximum Gasteiger partial charge on any atom is 0.326 e. The predicted octanol–water partition coefficient (Wildman–Crippen LogP) is 1.75. The van der Waals surface area contributed by atoms with Crippen LogP contribution < -0.4 is 5.32 Å². The first-order valence-corrected chi connectivity index (χ1v) is 6.63. The molecule has 2 rings (SSSR count). The van der Waals surface area contributed by atoms with Crippen LogP contribution in [0, 0.1) is 0 Å². The van der Waals surface area contributed by atoms with E-state index in [0.717, 1.165) is 25.7 Å². The quantitative estimate of drug-likeness (QED) is 0.749. The Morgan fingerprint density at radius 3 is 2.94 bits per heavy atom. The summed E-state index contributed by atoms with van der Waals surface area (Å²) in [4.78, 5) is 24.3. The Morgan fingerprint density at radius 2 is 2.28 bits per heavy atom. The van der Waals surface area contributed by atoms with E-state index in [1.54, 1.807) is 0 Å². The number of likely N-dealkylation sites (tertiary alicyclic amines) is 1. The third-order valence-electron chi connectivity index (χ3n) is 3.66. The minimum atomic E-state index is -0.902. The zero-order chi connectivity index (χ0) is 13.0. The molecule has 100 valence electrons. The van der Waals surface area contributed by atoms with Crippen LogP contribution in [0.1, 0.15) is 38.5 Å². The third-order valence-corrected chi connectivity index (χ3v) is 3.66. The topological polar surface area (TPSA) is 69.6 Å². The van der Waals surface area contributed by atoms with E-state index in [1.807, 2.05) is 0 Å². The maximum atomic E-state index is 11.9. The molecule has 1 atom stereocenters. The molecule has 0 bridgehead atoms. The van der Waals surface area contributed by atoms with Crippen LogP contribution in [0.2, 0.25) is 0 Å². The van der Waals surface area contributed by atoms with Crippen LogP contribution in [-0.4, -0.2) is 41.1 Å². The largest absolute Gasteiger partial charge is 0.480 e. The summed E-state index contributed by atoms with van der Waals surface area (Å²) in [5, 5.41) is 11.8. The van der Waals surface area contributed by atoms with Crippen molar-refractivity contribution in [2.75, 3.05) is 13.1 Å². The van der Waals surface area contributed by atoms with E-state index in [4.69, 9.17) is 5.11 Å². The van der Waals surface area contributed by atoms with Gasteiger partial charge in [-0.1, -0.05) is 11.6 Å². The Labute approximate surface area is 107 Å². The van der Waals surface area contributed by atoms with Crippen LogP contribution in [-0.2, 0) is 4.79 Å². The van der Waals surface area contributed by atoms with Gasteiger partial charge in [0, 0.05) is 13.1 Å². The van der Waals surface area contributed by atoms with E-state index in [0.29, 0.717) is 19.5 Å². The molecule has 1 heterocycles. The summed E-state index contributed by atoms with van der Waals surface area (Å²) in [6.07, 6.45) is 7.97. The molecule has 0 radical (unpaired) electrons. The smallest absolute Gasteiger partial charge is 0.326 e. The average molecular weight is 252 g/mol. The maximum absolute atomic E-state index is 11.9. The van der Waals surface area contributed by atoms with Crippen molar-refractivity contribution in [2.45, 2.75) is 44.6 Å². The Bertz CT molecular complexity index is 365. The van der Waals surface area contributed by atoms with E-state index in [1.165, 1.54) is 16.9 Å². The lowest BCUT2D eigenvalue weighted by molar-refractivity contribution is -0.141. The number of amides is 2. The zero-order valence-electron chi connectivity index (χ0n) is 10.5. The van der Waals surface area contributed by atoms with Gasteiger partial charge < -0.3 is 15.3 Å². The predicted molar refractivity (Wildman–Crippen MR) is 67.3 cm³/mol.